The van der Waals surface area contributed by atoms with E-state index in [0.717, 1.165) is 41.4 Å². The fraction of sp³-hybridized carbons (Fsp3) is 0.421. The minimum Gasteiger partial charge on any atom is -0.494 e. The second-order valence-electron chi connectivity index (χ2n) is 5.55. The Hall–Kier alpha value is -2.05. The van der Waals surface area contributed by atoms with Gasteiger partial charge in [-0.25, -0.2) is 4.79 Å². The first-order valence-electron chi connectivity index (χ1n) is 8.50. The first-order chi connectivity index (χ1) is 12.0. The van der Waals surface area contributed by atoms with E-state index in [0.29, 0.717) is 17.2 Å². The van der Waals surface area contributed by atoms with E-state index in [9.17, 15) is 4.79 Å². The maximum absolute atomic E-state index is 12.3. The molecule has 0 fully saturated rings. The molecule has 0 radical (unpaired) electrons. The summed E-state index contributed by atoms with van der Waals surface area (Å²) in [6.07, 6.45) is 0. The largest absolute Gasteiger partial charge is 0.494 e. The Morgan fingerprint density at radius 3 is 2.32 bits per heavy atom. The molecule has 0 bridgehead atoms. The highest BCUT2D eigenvalue weighted by Crippen LogP contribution is 2.40. The smallest absolute Gasteiger partial charge is 0.341 e. The molecule has 0 unspecified atom stereocenters. The van der Waals surface area contributed by atoms with Crippen molar-refractivity contribution < 1.29 is 14.3 Å². The number of hydrogen-bond donors (Lipinski definition) is 1. The Labute approximate surface area is 153 Å². The Morgan fingerprint density at radius 1 is 1.16 bits per heavy atom. The molecule has 0 saturated carbocycles. The van der Waals surface area contributed by atoms with Gasteiger partial charge >= 0.3 is 5.97 Å². The fourth-order valence-electron chi connectivity index (χ4n) is 2.75. The van der Waals surface area contributed by atoms with Crippen molar-refractivity contribution in [1.82, 2.24) is 4.90 Å². The molecule has 0 spiro atoms. The van der Waals surface area contributed by atoms with Crippen molar-refractivity contribution >= 4 is 22.3 Å². The summed E-state index contributed by atoms with van der Waals surface area (Å²) in [6, 6.07) is 7.75. The van der Waals surface area contributed by atoms with Crippen molar-refractivity contribution in [3.8, 4) is 16.9 Å². The first kappa shape index (κ1) is 19.3. The third kappa shape index (κ3) is 4.32. The number of thiophene rings is 1. The van der Waals surface area contributed by atoms with Crippen molar-refractivity contribution in [2.75, 3.05) is 32.5 Å². The van der Waals surface area contributed by atoms with Crippen molar-refractivity contribution in [2.24, 2.45) is 0 Å². The summed E-state index contributed by atoms with van der Waals surface area (Å²) in [6.45, 7) is 9.43. The summed E-state index contributed by atoms with van der Waals surface area (Å²) in [5, 5.41) is 0.498. The van der Waals surface area contributed by atoms with Crippen LogP contribution >= 0.6 is 11.3 Å². The van der Waals surface area contributed by atoms with Crippen LogP contribution in [0.4, 0.5) is 5.00 Å². The molecule has 0 amide bonds. The molecular formula is C19H26N2O3S. The highest BCUT2D eigenvalue weighted by Gasteiger charge is 2.25. The molecule has 0 saturated heterocycles. The van der Waals surface area contributed by atoms with Gasteiger partial charge in [0.2, 0.25) is 0 Å². The summed E-state index contributed by atoms with van der Waals surface area (Å²) in [4.78, 5) is 15.7. The van der Waals surface area contributed by atoms with Crippen LogP contribution in [0.25, 0.3) is 11.1 Å². The predicted molar refractivity (Wildman–Crippen MR) is 103 cm³/mol. The van der Waals surface area contributed by atoms with Crippen molar-refractivity contribution in [3.63, 3.8) is 0 Å². The highest BCUT2D eigenvalue weighted by molar-refractivity contribution is 7.17. The molecule has 2 rings (SSSR count). The Balaban J connectivity index is 2.52. The number of nitrogens with two attached hydrogens (primary N) is 1. The quantitative estimate of drug-likeness (QED) is 0.719. The lowest BCUT2D eigenvalue weighted by molar-refractivity contribution is 0.0603. The third-order valence-corrected chi connectivity index (χ3v) is 5.12. The number of nitrogens with zero attached hydrogens (tertiary/aromatic N) is 1. The van der Waals surface area contributed by atoms with Gasteiger partial charge in [-0.3, -0.25) is 4.90 Å². The fourth-order valence-corrected chi connectivity index (χ4v) is 3.88. The molecule has 2 aromatic rings. The van der Waals surface area contributed by atoms with E-state index < -0.39 is 5.97 Å². The number of hydrogen-bond acceptors (Lipinski definition) is 6. The summed E-state index contributed by atoms with van der Waals surface area (Å²) >= 11 is 1.46. The molecule has 5 nitrogen and oxygen atoms in total. The summed E-state index contributed by atoms with van der Waals surface area (Å²) in [5.41, 5.74) is 8.43. The first-order valence-corrected chi connectivity index (χ1v) is 9.32. The van der Waals surface area contributed by atoms with Gasteiger partial charge in [-0.1, -0.05) is 26.0 Å². The van der Waals surface area contributed by atoms with Gasteiger partial charge < -0.3 is 15.2 Å². The zero-order valence-corrected chi connectivity index (χ0v) is 16.1. The van der Waals surface area contributed by atoms with Gasteiger partial charge in [-0.2, -0.15) is 0 Å². The number of methoxy groups -OCH3 is 1. The zero-order valence-electron chi connectivity index (χ0n) is 15.3. The van der Waals surface area contributed by atoms with E-state index in [4.69, 9.17) is 15.2 Å². The summed E-state index contributed by atoms with van der Waals surface area (Å²) in [7, 11) is 1.38. The van der Waals surface area contributed by atoms with E-state index in [-0.39, 0.29) is 0 Å². The van der Waals surface area contributed by atoms with Gasteiger partial charge in [0.25, 0.3) is 0 Å². The van der Waals surface area contributed by atoms with Gasteiger partial charge in [-0.15, -0.1) is 11.3 Å². The van der Waals surface area contributed by atoms with Crippen molar-refractivity contribution in [2.45, 2.75) is 27.3 Å². The van der Waals surface area contributed by atoms with Crippen LogP contribution in [0.3, 0.4) is 0 Å². The van der Waals surface area contributed by atoms with E-state index in [1.807, 2.05) is 31.2 Å². The van der Waals surface area contributed by atoms with E-state index in [1.165, 1.54) is 18.4 Å². The van der Waals surface area contributed by atoms with Crippen LogP contribution in [-0.2, 0) is 11.3 Å². The Morgan fingerprint density at radius 2 is 1.80 bits per heavy atom. The van der Waals surface area contributed by atoms with Crippen molar-refractivity contribution in [3.05, 3.63) is 34.7 Å². The SMILES string of the molecule is CCOc1ccc(-c2c(CN(CC)CC)sc(N)c2C(=O)OC)cc1. The van der Waals surface area contributed by atoms with Crippen LogP contribution in [-0.4, -0.2) is 37.7 Å². The molecule has 1 aromatic carbocycles. The molecule has 1 heterocycles. The molecule has 25 heavy (non-hydrogen) atoms. The Bertz CT molecular complexity index is 706. The van der Waals surface area contributed by atoms with Crippen LogP contribution < -0.4 is 10.5 Å². The molecule has 0 aliphatic carbocycles. The lowest BCUT2D eigenvalue weighted by atomic mass is 10.0. The monoisotopic (exact) mass is 362 g/mol. The van der Waals surface area contributed by atoms with Gasteiger partial charge in [0, 0.05) is 17.0 Å². The zero-order chi connectivity index (χ0) is 18.4. The standard InChI is InChI=1S/C19H26N2O3S/c1-5-21(6-2)12-15-16(17(18(20)25-15)19(22)23-4)13-8-10-14(11-9-13)24-7-3/h8-11H,5-7,12,20H2,1-4H3. The Kier molecular flexibility index (Phi) is 6.84. The van der Waals surface area contributed by atoms with E-state index >= 15 is 0 Å². The van der Waals surface area contributed by atoms with Gasteiger partial charge in [0.1, 0.15) is 16.3 Å². The van der Waals surface area contributed by atoms with Crippen LogP contribution in [0, 0.1) is 0 Å². The van der Waals surface area contributed by atoms with Gasteiger partial charge in [0.05, 0.1) is 13.7 Å². The van der Waals surface area contributed by atoms with Crippen molar-refractivity contribution in [1.29, 1.82) is 0 Å². The number of ether oxygens (including phenoxy) is 2. The maximum atomic E-state index is 12.3. The normalized spacial score (nSPS) is 10.9. The topological polar surface area (TPSA) is 64.8 Å². The maximum Gasteiger partial charge on any atom is 0.341 e. The van der Waals surface area contributed by atoms with Crippen LogP contribution in [0.15, 0.2) is 24.3 Å². The number of carbonyl (C=O) groups excluding carboxylic acids is 1. The molecule has 136 valence electrons. The van der Waals surface area contributed by atoms with E-state index in [1.54, 1.807) is 0 Å². The molecule has 0 aliphatic heterocycles. The number of rotatable bonds is 8. The van der Waals surface area contributed by atoms with Gasteiger partial charge in [0.15, 0.2) is 0 Å². The minimum absolute atomic E-state index is 0.400. The number of benzene rings is 1. The predicted octanol–water partition coefficient (Wildman–Crippen LogP) is 4.02. The second kappa shape index (κ2) is 8.87. The van der Waals surface area contributed by atoms with Crippen LogP contribution in [0.1, 0.15) is 36.0 Å². The lowest BCUT2D eigenvalue weighted by Crippen LogP contribution is -2.22. The van der Waals surface area contributed by atoms with E-state index in [2.05, 4.69) is 18.7 Å². The molecular weight excluding hydrogens is 336 g/mol. The number of esters is 1. The molecule has 0 aliphatic rings. The molecule has 2 N–H and O–H groups in total. The molecule has 1 aromatic heterocycles. The van der Waals surface area contributed by atoms with Crippen LogP contribution in [0.2, 0.25) is 0 Å². The molecule has 6 heteroatoms. The number of anilines is 1. The minimum atomic E-state index is -0.400. The average Bonchev–Trinajstić information content (AvgIpc) is 2.95. The molecule has 0 atom stereocenters. The number of nitrogen functional groups attached to an aromatic ring is 1. The summed E-state index contributed by atoms with van der Waals surface area (Å²) in [5.74, 6) is 0.405. The average molecular weight is 362 g/mol. The lowest BCUT2D eigenvalue weighted by Gasteiger charge is -2.18. The second-order valence-corrected chi connectivity index (χ2v) is 6.69. The van der Waals surface area contributed by atoms with Gasteiger partial charge in [-0.05, 0) is 37.7 Å². The summed E-state index contributed by atoms with van der Waals surface area (Å²) < 4.78 is 10.5. The van der Waals surface area contributed by atoms with Crippen LogP contribution in [0.5, 0.6) is 5.75 Å². The number of carbonyl (C=O) groups is 1. The third-order valence-electron chi connectivity index (χ3n) is 4.11. The highest BCUT2D eigenvalue weighted by atomic mass is 32.1.